The van der Waals surface area contributed by atoms with Gasteiger partial charge in [-0.05, 0) is 46.3 Å². The van der Waals surface area contributed by atoms with Gasteiger partial charge in [0.15, 0.2) is 0 Å². The molecule has 3 N–H and O–H groups in total. The Morgan fingerprint density at radius 2 is 2.07 bits per heavy atom. The van der Waals surface area contributed by atoms with Crippen molar-refractivity contribution >= 4 is 5.91 Å². The highest BCUT2D eigenvalue weighted by atomic mass is 16.2. The highest BCUT2D eigenvalue weighted by Crippen LogP contribution is 1.94. The second-order valence-corrected chi connectivity index (χ2v) is 4.09. The molecule has 0 aromatic heterocycles. The molecular formula is C11H25N3O. The number of rotatable bonds is 8. The summed E-state index contributed by atoms with van der Waals surface area (Å²) >= 11 is 0. The van der Waals surface area contributed by atoms with Crippen molar-refractivity contribution in [2.45, 2.75) is 39.7 Å². The Kier molecular flexibility index (Phi) is 8.33. The summed E-state index contributed by atoms with van der Waals surface area (Å²) in [6.07, 6.45) is 2.10. The average molecular weight is 215 g/mol. The maximum absolute atomic E-state index is 11.5. The van der Waals surface area contributed by atoms with Crippen molar-refractivity contribution in [1.29, 1.82) is 0 Å². The van der Waals surface area contributed by atoms with Crippen molar-refractivity contribution in [3.8, 4) is 0 Å². The fourth-order valence-corrected chi connectivity index (χ4v) is 1.40. The summed E-state index contributed by atoms with van der Waals surface area (Å²) in [6.45, 7) is 9.13. The van der Waals surface area contributed by atoms with E-state index in [4.69, 9.17) is 5.73 Å². The summed E-state index contributed by atoms with van der Waals surface area (Å²) in [4.78, 5) is 13.6. The van der Waals surface area contributed by atoms with Gasteiger partial charge >= 0.3 is 0 Å². The zero-order valence-corrected chi connectivity index (χ0v) is 10.3. The number of carbonyl (C=O) groups excluding carboxylic acids is 1. The van der Waals surface area contributed by atoms with Gasteiger partial charge in [-0.1, -0.05) is 6.92 Å². The lowest BCUT2D eigenvalue weighted by molar-refractivity contribution is -0.122. The molecule has 0 fully saturated rings. The van der Waals surface area contributed by atoms with Crippen LogP contribution in [0.2, 0.25) is 0 Å². The number of carbonyl (C=O) groups is 1. The SMILES string of the molecule is CCN(CCCCN)CC(=O)NC(C)C. The summed E-state index contributed by atoms with van der Waals surface area (Å²) in [5.74, 6) is 0.111. The number of nitrogens with zero attached hydrogens (tertiary/aromatic N) is 1. The van der Waals surface area contributed by atoms with Gasteiger partial charge < -0.3 is 11.1 Å². The second-order valence-electron chi connectivity index (χ2n) is 4.09. The quantitative estimate of drug-likeness (QED) is 0.582. The first-order chi connectivity index (χ1) is 7.10. The lowest BCUT2D eigenvalue weighted by Crippen LogP contribution is -2.40. The first-order valence-electron chi connectivity index (χ1n) is 5.82. The standard InChI is InChI=1S/C11H25N3O/c1-4-14(8-6-5-7-12)9-11(15)13-10(2)3/h10H,4-9,12H2,1-3H3,(H,13,15). The summed E-state index contributed by atoms with van der Waals surface area (Å²) < 4.78 is 0. The minimum absolute atomic E-state index is 0.111. The molecule has 1 amide bonds. The molecule has 0 aromatic rings. The molecule has 0 radical (unpaired) electrons. The van der Waals surface area contributed by atoms with Crippen molar-refractivity contribution in [2.24, 2.45) is 5.73 Å². The van der Waals surface area contributed by atoms with E-state index in [0.29, 0.717) is 6.54 Å². The number of hydrogen-bond acceptors (Lipinski definition) is 3. The van der Waals surface area contributed by atoms with E-state index in [0.717, 1.165) is 32.5 Å². The van der Waals surface area contributed by atoms with Gasteiger partial charge in [-0.25, -0.2) is 0 Å². The monoisotopic (exact) mass is 215 g/mol. The van der Waals surface area contributed by atoms with E-state index in [1.165, 1.54) is 0 Å². The van der Waals surface area contributed by atoms with Gasteiger partial charge in [0.1, 0.15) is 0 Å². The first kappa shape index (κ1) is 14.4. The smallest absolute Gasteiger partial charge is 0.234 e. The summed E-state index contributed by atoms with van der Waals surface area (Å²) in [5.41, 5.74) is 5.43. The van der Waals surface area contributed by atoms with Crippen LogP contribution in [0.5, 0.6) is 0 Å². The molecule has 0 aliphatic heterocycles. The Bertz CT molecular complexity index is 171. The Morgan fingerprint density at radius 3 is 2.53 bits per heavy atom. The zero-order chi connectivity index (χ0) is 11.7. The van der Waals surface area contributed by atoms with E-state index in [1.807, 2.05) is 13.8 Å². The van der Waals surface area contributed by atoms with Gasteiger partial charge in [0.25, 0.3) is 0 Å². The third-order valence-corrected chi connectivity index (χ3v) is 2.19. The molecule has 15 heavy (non-hydrogen) atoms. The van der Waals surface area contributed by atoms with Gasteiger partial charge in [-0.15, -0.1) is 0 Å². The molecule has 0 saturated carbocycles. The lowest BCUT2D eigenvalue weighted by Gasteiger charge is -2.20. The number of nitrogens with two attached hydrogens (primary N) is 1. The van der Waals surface area contributed by atoms with E-state index in [9.17, 15) is 4.79 Å². The van der Waals surface area contributed by atoms with E-state index < -0.39 is 0 Å². The maximum atomic E-state index is 11.5. The third-order valence-electron chi connectivity index (χ3n) is 2.19. The number of amides is 1. The van der Waals surface area contributed by atoms with Crippen molar-refractivity contribution in [1.82, 2.24) is 10.2 Å². The molecule has 0 heterocycles. The van der Waals surface area contributed by atoms with Gasteiger partial charge in [-0.2, -0.15) is 0 Å². The van der Waals surface area contributed by atoms with Crippen LogP contribution in [-0.4, -0.2) is 43.0 Å². The lowest BCUT2D eigenvalue weighted by atomic mass is 10.3. The van der Waals surface area contributed by atoms with Gasteiger partial charge in [0.05, 0.1) is 6.54 Å². The summed E-state index contributed by atoms with van der Waals surface area (Å²) in [7, 11) is 0. The Labute approximate surface area is 93.2 Å². The van der Waals surface area contributed by atoms with Crippen molar-refractivity contribution < 1.29 is 4.79 Å². The van der Waals surface area contributed by atoms with Crippen LogP contribution < -0.4 is 11.1 Å². The van der Waals surface area contributed by atoms with Crippen LogP contribution in [0.1, 0.15) is 33.6 Å². The minimum atomic E-state index is 0.111. The normalized spacial score (nSPS) is 11.1. The van der Waals surface area contributed by atoms with E-state index in [2.05, 4.69) is 17.1 Å². The largest absolute Gasteiger partial charge is 0.353 e. The number of nitrogens with one attached hydrogen (secondary N) is 1. The van der Waals surface area contributed by atoms with E-state index >= 15 is 0 Å². The van der Waals surface area contributed by atoms with E-state index in [1.54, 1.807) is 0 Å². The molecular weight excluding hydrogens is 190 g/mol. The van der Waals surface area contributed by atoms with Crippen LogP contribution in [0.4, 0.5) is 0 Å². The molecule has 0 aliphatic rings. The first-order valence-corrected chi connectivity index (χ1v) is 5.82. The molecule has 0 atom stereocenters. The summed E-state index contributed by atoms with van der Waals surface area (Å²) in [6, 6.07) is 0.222. The average Bonchev–Trinajstić information content (AvgIpc) is 2.15. The molecule has 0 unspecified atom stereocenters. The fraction of sp³-hybridized carbons (Fsp3) is 0.909. The van der Waals surface area contributed by atoms with Gasteiger partial charge in [0, 0.05) is 6.04 Å². The van der Waals surface area contributed by atoms with E-state index in [-0.39, 0.29) is 11.9 Å². The highest BCUT2D eigenvalue weighted by molar-refractivity contribution is 5.78. The fourth-order valence-electron chi connectivity index (χ4n) is 1.40. The van der Waals surface area contributed by atoms with Crippen LogP contribution in [0.15, 0.2) is 0 Å². The predicted octanol–water partition coefficient (Wildman–Crippen LogP) is 0.572. The number of unbranched alkanes of at least 4 members (excludes halogenated alkanes) is 1. The van der Waals surface area contributed by atoms with Crippen LogP contribution in [0.3, 0.4) is 0 Å². The molecule has 90 valence electrons. The van der Waals surface area contributed by atoms with Crippen LogP contribution >= 0.6 is 0 Å². The Balaban J connectivity index is 3.72. The van der Waals surface area contributed by atoms with Gasteiger partial charge in [0.2, 0.25) is 5.91 Å². The molecule has 0 spiro atoms. The van der Waals surface area contributed by atoms with Crippen molar-refractivity contribution in [3.05, 3.63) is 0 Å². The minimum Gasteiger partial charge on any atom is -0.353 e. The Hall–Kier alpha value is -0.610. The predicted molar refractivity (Wildman–Crippen MR) is 63.7 cm³/mol. The molecule has 0 bridgehead atoms. The molecule has 4 nitrogen and oxygen atoms in total. The van der Waals surface area contributed by atoms with Crippen LogP contribution in [0, 0.1) is 0 Å². The molecule has 0 aromatic carbocycles. The molecule has 0 saturated heterocycles. The van der Waals surface area contributed by atoms with Crippen molar-refractivity contribution in [3.63, 3.8) is 0 Å². The third kappa shape index (κ3) is 8.39. The van der Waals surface area contributed by atoms with Crippen LogP contribution in [0.25, 0.3) is 0 Å². The topological polar surface area (TPSA) is 58.4 Å². The van der Waals surface area contributed by atoms with Crippen molar-refractivity contribution in [2.75, 3.05) is 26.2 Å². The van der Waals surface area contributed by atoms with Gasteiger partial charge in [-0.3, -0.25) is 9.69 Å². The highest BCUT2D eigenvalue weighted by Gasteiger charge is 2.08. The zero-order valence-electron chi connectivity index (χ0n) is 10.3. The second kappa shape index (κ2) is 8.68. The number of hydrogen-bond donors (Lipinski definition) is 2. The molecule has 0 aliphatic carbocycles. The summed E-state index contributed by atoms with van der Waals surface area (Å²) in [5, 5.41) is 2.89. The molecule has 0 rings (SSSR count). The number of likely N-dealkylation sites (N-methyl/N-ethyl adjacent to an activating group) is 1. The van der Waals surface area contributed by atoms with Crippen LogP contribution in [-0.2, 0) is 4.79 Å². The molecule has 4 heteroatoms. The Morgan fingerprint density at radius 1 is 1.40 bits per heavy atom. The maximum Gasteiger partial charge on any atom is 0.234 e.